The minimum Gasteiger partial charge on any atom is -0.393 e. The summed E-state index contributed by atoms with van der Waals surface area (Å²) < 4.78 is 20.1. The van der Waals surface area contributed by atoms with Gasteiger partial charge in [-0.1, -0.05) is 0 Å². The maximum atomic E-state index is 13.9. The molecule has 1 aromatic rings. The van der Waals surface area contributed by atoms with Crippen molar-refractivity contribution in [3.8, 4) is 0 Å². The lowest BCUT2D eigenvalue weighted by Gasteiger charge is -2.24. The van der Waals surface area contributed by atoms with Crippen molar-refractivity contribution in [3.63, 3.8) is 0 Å². The van der Waals surface area contributed by atoms with E-state index >= 15 is 0 Å². The lowest BCUT2D eigenvalue weighted by atomic mass is 9.99. The van der Waals surface area contributed by atoms with Crippen molar-refractivity contribution >= 4 is 5.82 Å². The van der Waals surface area contributed by atoms with Gasteiger partial charge in [-0.25, -0.2) is 9.18 Å². The van der Waals surface area contributed by atoms with Crippen LogP contribution in [0.4, 0.5) is 10.2 Å². The molecule has 1 saturated heterocycles. The van der Waals surface area contributed by atoms with Gasteiger partial charge in [0.25, 0.3) is 0 Å². The Morgan fingerprint density at radius 2 is 2.39 bits per heavy atom. The highest BCUT2D eigenvalue weighted by Gasteiger charge is 2.53. The van der Waals surface area contributed by atoms with Gasteiger partial charge in [0, 0.05) is 6.20 Å². The molecule has 0 aromatic carbocycles. The zero-order valence-electron chi connectivity index (χ0n) is 9.65. The standard InChI is InChI=1S/C10H14FN3O4/c1-10(4-15)7(16)6(11)8(18-10)14-3-2-5(12)13-9(14)17/h2-3,6-8,15-16H,4H2,1H3,(H2,12,13,17)/t6-,7+,8-,10-/m1/s1. The Morgan fingerprint density at radius 1 is 1.72 bits per heavy atom. The van der Waals surface area contributed by atoms with Crippen molar-refractivity contribution in [2.75, 3.05) is 12.3 Å². The van der Waals surface area contributed by atoms with Crippen LogP contribution in [0, 0.1) is 0 Å². The van der Waals surface area contributed by atoms with Crippen molar-refractivity contribution in [1.29, 1.82) is 0 Å². The Labute approximate surface area is 102 Å². The highest BCUT2D eigenvalue weighted by molar-refractivity contribution is 5.23. The first-order valence-electron chi connectivity index (χ1n) is 5.34. The fourth-order valence-electron chi connectivity index (χ4n) is 1.86. The first kappa shape index (κ1) is 12.9. The third-order valence-electron chi connectivity index (χ3n) is 3.03. The van der Waals surface area contributed by atoms with Gasteiger partial charge < -0.3 is 20.7 Å². The summed E-state index contributed by atoms with van der Waals surface area (Å²) in [5.74, 6) is 0.00937. The average Bonchev–Trinajstić information content (AvgIpc) is 2.55. The van der Waals surface area contributed by atoms with Crippen LogP contribution in [-0.2, 0) is 4.74 Å². The maximum Gasteiger partial charge on any atom is 0.351 e. The molecular weight excluding hydrogens is 245 g/mol. The second kappa shape index (κ2) is 4.30. The van der Waals surface area contributed by atoms with Crippen LogP contribution in [0.15, 0.2) is 17.1 Å². The molecule has 1 aliphatic rings. The summed E-state index contributed by atoms with van der Waals surface area (Å²) in [6, 6.07) is 1.32. The number of anilines is 1. The number of aliphatic hydroxyl groups excluding tert-OH is 2. The number of alkyl halides is 1. The van der Waals surface area contributed by atoms with E-state index in [0.717, 1.165) is 4.57 Å². The monoisotopic (exact) mass is 259 g/mol. The van der Waals surface area contributed by atoms with Crippen LogP contribution >= 0.6 is 0 Å². The molecular formula is C10H14FN3O4. The average molecular weight is 259 g/mol. The maximum absolute atomic E-state index is 13.9. The normalized spacial score (nSPS) is 35.9. The van der Waals surface area contributed by atoms with Crippen LogP contribution in [0.1, 0.15) is 13.2 Å². The number of aromatic nitrogens is 2. The number of nitrogen functional groups attached to an aromatic ring is 1. The molecule has 18 heavy (non-hydrogen) atoms. The zero-order valence-corrected chi connectivity index (χ0v) is 9.65. The predicted octanol–water partition coefficient (Wildman–Crippen LogP) is -1.20. The van der Waals surface area contributed by atoms with E-state index in [9.17, 15) is 14.3 Å². The number of nitrogens with zero attached hydrogens (tertiary/aromatic N) is 2. The van der Waals surface area contributed by atoms with Gasteiger partial charge in [-0.15, -0.1) is 0 Å². The molecule has 7 nitrogen and oxygen atoms in total. The van der Waals surface area contributed by atoms with Crippen molar-refractivity contribution in [3.05, 3.63) is 22.7 Å². The van der Waals surface area contributed by atoms with E-state index < -0.39 is 36.4 Å². The van der Waals surface area contributed by atoms with E-state index in [0.29, 0.717) is 0 Å². The first-order chi connectivity index (χ1) is 8.39. The van der Waals surface area contributed by atoms with Crippen LogP contribution in [0.2, 0.25) is 0 Å². The van der Waals surface area contributed by atoms with Gasteiger partial charge in [0.1, 0.15) is 17.5 Å². The van der Waals surface area contributed by atoms with E-state index in [1.165, 1.54) is 19.2 Å². The van der Waals surface area contributed by atoms with Crippen molar-refractivity contribution < 1.29 is 19.3 Å². The molecule has 0 bridgehead atoms. The molecule has 0 spiro atoms. The summed E-state index contributed by atoms with van der Waals surface area (Å²) >= 11 is 0. The highest BCUT2D eigenvalue weighted by Crippen LogP contribution is 2.37. The number of hydrogen-bond acceptors (Lipinski definition) is 6. The van der Waals surface area contributed by atoms with E-state index in [1.54, 1.807) is 0 Å². The Hall–Kier alpha value is -1.51. The van der Waals surface area contributed by atoms with Crippen molar-refractivity contribution in [2.45, 2.75) is 31.0 Å². The number of halogens is 1. The summed E-state index contributed by atoms with van der Waals surface area (Å²) in [5, 5.41) is 18.8. The van der Waals surface area contributed by atoms with Gasteiger partial charge in [0.15, 0.2) is 12.4 Å². The number of rotatable bonds is 2. The lowest BCUT2D eigenvalue weighted by molar-refractivity contribution is -0.117. The number of nitrogens with two attached hydrogens (primary N) is 1. The van der Waals surface area contributed by atoms with Gasteiger partial charge in [-0.3, -0.25) is 4.57 Å². The molecule has 1 aliphatic heterocycles. The Bertz CT molecular complexity index is 508. The number of aliphatic hydroxyl groups is 2. The minimum absolute atomic E-state index is 0.00937. The quantitative estimate of drug-likeness (QED) is 0.615. The van der Waals surface area contributed by atoms with E-state index in [1.807, 2.05) is 0 Å². The molecule has 100 valence electrons. The third-order valence-corrected chi connectivity index (χ3v) is 3.03. The molecule has 1 aromatic heterocycles. The van der Waals surface area contributed by atoms with Gasteiger partial charge in [-0.2, -0.15) is 4.98 Å². The van der Waals surface area contributed by atoms with Crippen LogP contribution in [-0.4, -0.2) is 44.2 Å². The summed E-state index contributed by atoms with van der Waals surface area (Å²) in [6.07, 6.45) is -3.47. The fraction of sp³-hybridized carbons (Fsp3) is 0.600. The van der Waals surface area contributed by atoms with E-state index in [2.05, 4.69) is 4.98 Å². The van der Waals surface area contributed by atoms with E-state index in [4.69, 9.17) is 15.6 Å². The largest absolute Gasteiger partial charge is 0.393 e. The molecule has 2 rings (SSSR count). The van der Waals surface area contributed by atoms with Gasteiger partial charge in [0.05, 0.1) is 6.61 Å². The Morgan fingerprint density at radius 3 is 2.89 bits per heavy atom. The van der Waals surface area contributed by atoms with Crippen LogP contribution < -0.4 is 11.4 Å². The SMILES string of the molecule is C[C@]1(CO)O[C@@H](n2ccc(N)nc2=O)[C@H](F)[C@@H]1O. The molecule has 0 aliphatic carbocycles. The van der Waals surface area contributed by atoms with Crippen LogP contribution in [0.3, 0.4) is 0 Å². The molecule has 4 N–H and O–H groups in total. The van der Waals surface area contributed by atoms with E-state index in [-0.39, 0.29) is 5.82 Å². The van der Waals surface area contributed by atoms with Gasteiger partial charge in [-0.05, 0) is 13.0 Å². The highest BCUT2D eigenvalue weighted by atomic mass is 19.1. The fourth-order valence-corrected chi connectivity index (χ4v) is 1.86. The molecule has 0 radical (unpaired) electrons. The topological polar surface area (TPSA) is 111 Å². The zero-order chi connectivity index (χ0) is 13.5. The van der Waals surface area contributed by atoms with Crippen LogP contribution in [0.25, 0.3) is 0 Å². The van der Waals surface area contributed by atoms with Crippen molar-refractivity contribution in [1.82, 2.24) is 9.55 Å². The molecule has 2 heterocycles. The second-order valence-corrected chi connectivity index (χ2v) is 4.41. The molecule has 8 heteroatoms. The van der Waals surface area contributed by atoms with Crippen LogP contribution in [0.5, 0.6) is 0 Å². The number of ether oxygens (including phenoxy) is 1. The Balaban J connectivity index is 2.38. The molecule has 1 fully saturated rings. The number of hydrogen-bond donors (Lipinski definition) is 3. The van der Waals surface area contributed by atoms with Crippen molar-refractivity contribution in [2.24, 2.45) is 0 Å². The minimum atomic E-state index is -1.84. The Kier molecular flexibility index (Phi) is 3.09. The van der Waals surface area contributed by atoms with Gasteiger partial charge in [0.2, 0.25) is 0 Å². The summed E-state index contributed by atoms with van der Waals surface area (Å²) in [7, 11) is 0. The summed E-state index contributed by atoms with van der Waals surface area (Å²) in [6.45, 7) is 0.794. The molecule has 0 amide bonds. The molecule has 0 unspecified atom stereocenters. The smallest absolute Gasteiger partial charge is 0.351 e. The molecule has 0 saturated carbocycles. The van der Waals surface area contributed by atoms with Gasteiger partial charge >= 0.3 is 5.69 Å². The summed E-state index contributed by atoms with van der Waals surface area (Å²) in [4.78, 5) is 15.0. The summed E-state index contributed by atoms with van der Waals surface area (Å²) in [5.41, 5.74) is 3.09. The lowest BCUT2D eigenvalue weighted by Crippen LogP contribution is -2.42. The second-order valence-electron chi connectivity index (χ2n) is 4.41. The first-order valence-corrected chi connectivity index (χ1v) is 5.34. The third kappa shape index (κ3) is 1.88. The molecule has 4 atom stereocenters. The predicted molar refractivity (Wildman–Crippen MR) is 59.4 cm³/mol.